The zero-order valence-corrected chi connectivity index (χ0v) is 12.9. The molecule has 0 radical (unpaired) electrons. The number of rotatable bonds is 4. The molecule has 7 heteroatoms. The summed E-state index contributed by atoms with van der Waals surface area (Å²) in [6.45, 7) is 0. The molecule has 1 aromatic rings. The lowest BCUT2D eigenvalue weighted by Gasteiger charge is -2.30. The van der Waals surface area contributed by atoms with Crippen molar-refractivity contribution in [2.45, 2.75) is 37.0 Å². The normalized spacial score (nSPS) is 22.2. The van der Waals surface area contributed by atoms with Crippen molar-refractivity contribution < 1.29 is 14.7 Å². The Bertz CT molecular complexity index is 490. The quantitative estimate of drug-likeness (QED) is 0.797. The number of carboxylic acids is 1. The van der Waals surface area contributed by atoms with E-state index >= 15 is 0 Å². The Labute approximate surface area is 126 Å². The van der Waals surface area contributed by atoms with Gasteiger partial charge in [-0.3, -0.25) is 5.32 Å². The number of carboxylic acid groups (broad SMARTS) is 1. The largest absolute Gasteiger partial charge is 0.478 e. The van der Waals surface area contributed by atoms with Crippen LogP contribution in [0.1, 0.15) is 36.0 Å². The minimum absolute atomic E-state index is 0.134. The van der Waals surface area contributed by atoms with Gasteiger partial charge in [-0.2, -0.15) is 11.8 Å². The molecule has 1 aliphatic carbocycles. The third-order valence-electron chi connectivity index (χ3n) is 3.44. The highest BCUT2D eigenvalue weighted by Crippen LogP contribution is 2.27. The molecule has 1 fully saturated rings. The van der Waals surface area contributed by atoms with E-state index in [1.54, 1.807) is 17.1 Å². The average Bonchev–Trinajstić information content (AvgIpc) is 2.87. The highest BCUT2D eigenvalue weighted by atomic mass is 32.2. The molecule has 0 saturated heterocycles. The third-order valence-corrected chi connectivity index (χ3v) is 5.44. The fraction of sp³-hybridized carbons (Fsp3) is 0.538. The van der Waals surface area contributed by atoms with Gasteiger partial charge in [0.25, 0.3) is 0 Å². The van der Waals surface area contributed by atoms with Crippen LogP contribution >= 0.6 is 23.1 Å². The van der Waals surface area contributed by atoms with Gasteiger partial charge < -0.3 is 10.4 Å². The van der Waals surface area contributed by atoms with Gasteiger partial charge in [0.1, 0.15) is 5.00 Å². The summed E-state index contributed by atoms with van der Waals surface area (Å²) in [5.74, 6) is -1.03. The number of thiophene rings is 1. The molecule has 2 rings (SSSR count). The van der Waals surface area contributed by atoms with E-state index in [2.05, 4.69) is 16.9 Å². The standard InChI is InChI=1S/C13H18N2O3S2/c1-19-10-5-3-2-4-9(10)14-13(18)15-11-8(12(16)17)6-7-20-11/h6-7,9-10H,2-5H2,1H3,(H,16,17)(H2,14,15,18). The van der Waals surface area contributed by atoms with E-state index in [0.717, 1.165) is 19.3 Å². The summed E-state index contributed by atoms with van der Waals surface area (Å²) >= 11 is 2.99. The molecular weight excluding hydrogens is 296 g/mol. The molecule has 20 heavy (non-hydrogen) atoms. The molecule has 5 nitrogen and oxygen atoms in total. The first kappa shape index (κ1) is 15.2. The summed E-state index contributed by atoms with van der Waals surface area (Å²) in [6.07, 6.45) is 6.49. The zero-order valence-electron chi connectivity index (χ0n) is 11.2. The second-order valence-electron chi connectivity index (χ2n) is 4.73. The highest BCUT2D eigenvalue weighted by molar-refractivity contribution is 7.99. The van der Waals surface area contributed by atoms with Crippen molar-refractivity contribution in [1.29, 1.82) is 0 Å². The predicted octanol–water partition coefficient (Wildman–Crippen LogP) is 3.24. The predicted molar refractivity (Wildman–Crippen MR) is 83.0 cm³/mol. The van der Waals surface area contributed by atoms with Crippen molar-refractivity contribution in [1.82, 2.24) is 5.32 Å². The maximum atomic E-state index is 12.0. The van der Waals surface area contributed by atoms with E-state index in [1.165, 1.54) is 23.8 Å². The first-order valence-electron chi connectivity index (χ1n) is 6.53. The Morgan fingerprint density at radius 2 is 2.15 bits per heavy atom. The van der Waals surface area contributed by atoms with Crippen LogP contribution in [0.2, 0.25) is 0 Å². The Balaban J connectivity index is 1.94. The van der Waals surface area contributed by atoms with Crippen LogP contribution in [0.15, 0.2) is 11.4 Å². The van der Waals surface area contributed by atoms with E-state index in [0.29, 0.717) is 10.3 Å². The van der Waals surface area contributed by atoms with Gasteiger partial charge in [0.05, 0.1) is 5.56 Å². The van der Waals surface area contributed by atoms with Crippen molar-refractivity contribution in [2.24, 2.45) is 0 Å². The van der Waals surface area contributed by atoms with E-state index < -0.39 is 5.97 Å². The van der Waals surface area contributed by atoms with Gasteiger partial charge in [0.15, 0.2) is 0 Å². The number of urea groups is 1. The lowest BCUT2D eigenvalue weighted by Crippen LogP contribution is -2.45. The zero-order chi connectivity index (χ0) is 14.5. The molecule has 0 bridgehead atoms. The van der Waals surface area contributed by atoms with Crippen molar-refractivity contribution in [3.63, 3.8) is 0 Å². The molecule has 110 valence electrons. The number of hydrogen-bond acceptors (Lipinski definition) is 4. The van der Waals surface area contributed by atoms with Gasteiger partial charge in [0, 0.05) is 11.3 Å². The van der Waals surface area contributed by atoms with Crippen LogP contribution in [0, 0.1) is 0 Å². The summed E-state index contributed by atoms with van der Waals surface area (Å²) in [4.78, 5) is 23.0. The molecule has 2 atom stereocenters. The maximum Gasteiger partial charge on any atom is 0.338 e. The minimum Gasteiger partial charge on any atom is -0.478 e. The van der Waals surface area contributed by atoms with E-state index in [-0.39, 0.29) is 17.6 Å². The Kier molecular flexibility index (Phi) is 5.31. The molecule has 0 spiro atoms. The molecule has 3 N–H and O–H groups in total. The number of thioether (sulfide) groups is 1. The van der Waals surface area contributed by atoms with Crippen molar-refractivity contribution in [2.75, 3.05) is 11.6 Å². The fourth-order valence-corrected chi connectivity index (χ4v) is 4.14. The van der Waals surface area contributed by atoms with Crippen LogP contribution in [0.4, 0.5) is 9.80 Å². The van der Waals surface area contributed by atoms with Crippen LogP contribution in [0.25, 0.3) is 0 Å². The van der Waals surface area contributed by atoms with Gasteiger partial charge in [0.2, 0.25) is 0 Å². The van der Waals surface area contributed by atoms with E-state index in [1.807, 2.05) is 0 Å². The number of nitrogens with one attached hydrogen (secondary N) is 2. The summed E-state index contributed by atoms with van der Waals surface area (Å²) < 4.78 is 0. The Morgan fingerprint density at radius 1 is 1.40 bits per heavy atom. The van der Waals surface area contributed by atoms with Crippen LogP contribution < -0.4 is 10.6 Å². The Morgan fingerprint density at radius 3 is 2.85 bits per heavy atom. The van der Waals surface area contributed by atoms with Crippen molar-refractivity contribution in [3.8, 4) is 0 Å². The van der Waals surface area contributed by atoms with Gasteiger partial charge in [-0.25, -0.2) is 9.59 Å². The SMILES string of the molecule is CSC1CCCCC1NC(=O)Nc1sccc1C(=O)O. The van der Waals surface area contributed by atoms with Crippen LogP contribution in [-0.4, -0.2) is 34.7 Å². The molecule has 1 saturated carbocycles. The number of aromatic carboxylic acids is 1. The lowest BCUT2D eigenvalue weighted by molar-refractivity contribution is 0.0698. The number of hydrogen-bond donors (Lipinski definition) is 3. The number of carbonyl (C=O) groups is 2. The maximum absolute atomic E-state index is 12.0. The second-order valence-corrected chi connectivity index (χ2v) is 6.73. The Hall–Kier alpha value is -1.21. The first-order valence-corrected chi connectivity index (χ1v) is 8.69. The van der Waals surface area contributed by atoms with Gasteiger partial charge in [-0.15, -0.1) is 11.3 Å². The average molecular weight is 314 g/mol. The van der Waals surface area contributed by atoms with E-state index in [9.17, 15) is 9.59 Å². The van der Waals surface area contributed by atoms with Crippen LogP contribution in [-0.2, 0) is 0 Å². The molecule has 0 aromatic carbocycles. The van der Waals surface area contributed by atoms with Crippen LogP contribution in [0.3, 0.4) is 0 Å². The summed E-state index contributed by atoms with van der Waals surface area (Å²) in [5, 5.41) is 17.1. The first-order chi connectivity index (χ1) is 9.61. The van der Waals surface area contributed by atoms with Crippen molar-refractivity contribution in [3.05, 3.63) is 17.0 Å². The minimum atomic E-state index is -1.03. The van der Waals surface area contributed by atoms with Crippen molar-refractivity contribution >= 4 is 40.1 Å². The smallest absolute Gasteiger partial charge is 0.338 e. The van der Waals surface area contributed by atoms with Gasteiger partial charge >= 0.3 is 12.0 Å². The summed E-state index contributed by atoms with van der Waals surface area (Å²) in [6, 6.07) is 1.33. The van der Waals surface area contributed by atoms with Gasteiger partial charge in [-0.05, 0) is 30.5 Å². The molecule has 1 heterocycles. The lowest BCUT2D eigenvalue weighted by atomic mass is 9.95. The molecule has 1 aliphatic rings. The fourth-order valence-electron chi connectivity index (χ4n) is 2.43. The molecular formula is C13H18N2O3S2. The highest BCUT2D eigenvalue weighted by Gasteiger charge is 2.26. The third kappa shape index (κ3) is 3.67. The summed E-state index contributed by atoms with van der Waals surface area (Å²) in [7, 11) is 0. The van der Waals surface area contributed by atoms with Crippen LogP contribution in [0.5, 0.6) is 0 Å². The number of amides is 2. The monoisotopic (exact) mass is 314 g/mol. The number of anilines is 1. The number of carbonyl (C=O) groups excluding carboxylic acids is 1. The molecule has 2 unspecified atom stereocenters. The molecule has 1 aromatic heterocycles. The summed E-state index contributed by atoms with van der Waals surface area (Å²) in [5.41, 5.74) is 0.134. The molecule has 0 aliphatic heterocycles. The van der Waals surface area contributed by atoms with Gasteiger partial charge in [-0.1, -0.05) is 12.8 Å². The second kappa shape index (κ2) is 6.99. The topological polar surface area (TPSA) is 78.4 Å². The molecule has 2 amide bonds. The van der Waals surface area contributed by atoms with E-state index in [4.69, 9.17) is 5.11 Å².